The zero-order valence-corrected chi connectivity index (χ0v) is 15.2. The maximum Gasteiger partial charge on any atom is 0.337 e. The van der Waals surface area contributed by atoms with Gasteiger partial charge in [-0.1, -0.05) is 23.2 Å². The molecule has 2 rings (SSSR count). The fourth-order valence-electron chi connectivity index (χ4n) is 2.16. The minimum absolute atomic E-state index is 0.0258. The molecule has 4 N–H and O–H groups in total. The van der Waals surface area contributed by atoms with Crippen LogP contribution in [0.4, 0.5) is 5.69 Å². The predicted molar refractivity (Wildman–Crippen MR) is 98.4 cm³/mol. The molecule has 0 saturated carbocycles. The Labute approximate surface area is 159 Å². The van der Waals surface area contributed by atoms with Gasteiger partial charge in [0.1, 0.15) is 0 Å². The van der Waals surface area contributed by atoms with E-state index in [2.05, 4.69) is 5.32 Å². The average molecular weight is 399 g/mol. The molecular weight excluding hydrogens is 383 g/mol. The number of methoxy groups -OCH3 is 1. The number of nitrogens with two attached hydrogens (primary N) is 1. The highest BCUT2D eigenvalue weighted by atomic mass is 35.5. The lowest BCUT2D eigenvalue weighted by molar-refractivity contribution is -0.119. The predicted octanol–water partition coefficient (Wildman–Crippen LogP) is 3.18. The number of carboxylic acids is 1. The molecule has 0 bridgehead atoms. The first kappa shape index (κ1) is 19.7. The Bertz CT molecular complexity index is 842. The Morgan fingerprint density at radius 3 is 2.50 bits per heavy atom. The van der Waals surface area contributed by atoms with Gasteiger partial charge < -0.3 is 25.6 Å². The summed E-state index contributed by atoms with van der Waals surface area (Å²) in [5.41, 5.74) is 6.50. The summed E-state index contributed by atoms with van der Waals surface area (Å²) in [6.45, 7) is 0.0526. The van der Waals surface area contributed by atoms with Crippen LogP contribution < -0.4 is 20.5 Å². The van der Waals surface area contributed by atoms with Crippen LogP contribution in [-0.2, 0) is 11.3 Å². The van der Waals surface area contributed by atoms with E-state index in [1.54, 1.807) is 18.2 Å². The number of hydrogen-bond donors (Lipinski definition) is 3. The molecule has 0 aromatic heterocycles. The van der Waals surface area contributed by atoms with Crippen LogP contribution in [-0.4, -0.2) is 30.7 Å². The maximum absolute atomic E-state index is 11.0. The van der Waals surface area contributed by atoms with Crippen molar-refractivity contribution in [1.29, 1.82) is 0 Å². The number of carbonyl (C=O) groups excluding carboxylic acids is 1. The van der Waals surface area contributed by atoms with E-state index in [4.69, 9.17) is 43.5 Å². The number of amides is 1. The number of hydrogen-bond acceptors (Lipinski definition) is 5. The van der Waals surface area contributed by atoms with E-state index in [-0.39, 0.29) is 28.0 Å². The van der Waals surface area contributed by atoms with Gasteiger partial charge in [0, 0.05) is 12.2 Å². The second-order valence-corrected chi connectivity index (χ2v) is 6.03. The van der Waals surface area contributed by atoms with Gasteiger partial charge in [-0.25, -0.2) is 4.79 Å². The first-order chi connectivity index (χ1) is 12.3. The molecule has 0 saturated heterocycles. The minimum atomic E-state index is -1.09. The Kier molecular flexibility index (Phi) is 6.54. The third-order valence-electron chi connectivity index (χ3n) is 3.34. The van der Waals surface area contributed by atoms with Gasteiger partial charge >= 0.3 is 5.97 Å². The summed E-state index contributed by atoms with van der Waals surface area (Å²) in [6, 6.07) is 7.90. The van der Waals surface area contributed by atoms with Crippen molar-refractivity contribution in [3.8, 4) is 11.5 Å². The zero-order chi connectivity index (χ0) is 19.3. The van der Waals surface area contributed by atoms with Crippen LogP contribution in [0.5, 0.6) is 11.5 Å². The summed E-state index contributed by atoms with van der Waals surface area (Å²) in [7, 11) is 1.45. The number of anilines is 1. The minimum Gasteiger partial charge on any atom is -0.493 e. The standard InChI is InChI=1S/C17H16Cl2N2O5/c1-25-14-5-9(4-13(19)16(14)26-8-15(20)22)7-21-10-2-3-11(17(23)24)12(18)6-10/h2-6,21H,7-8H2,1H3,(H2,20,22)(H,23,24). The maximum atomic E-state index is 11.0. The normalized spacial score (nSPS) is 10.3. The van der Waals surface area contributed by atoms with Gasteiger partial charge in [-0.05, 0) is 35.9 Å². The van der Waals surface area contributed by atoms with Gasteiger partial charge in [0.25, 0.3) is 5.91 Å². The average Bonchev–Trinajstić information content (AvgIpc) is 2.58. The number of nitrogens with one attached hydrogen (secondary N) is 1. The van der Waals surface area contributed by atoms with Crippen LogP contribution >= 0.6 is 23.2 Å². The van der Waals surface area contributed by atoms with Crippen LogP contribution in [0.1, 0.15) is 15.9 Å². The quantitative estimate of drug-likeness (QED) is 0.629. The van der Waals surface area contributed by atoms with Gasteiger partial charge in [-0.15, -0.1) is 0 Å². The number of aromatic carboxylic acids is 1. The highest BCUT2D eigenvalue weighted by Gasteiger charge is 2.14. The third-order valence-corrected chi connectivity index (χ3v) is 3.94. The highest BCUT2D eigenvalue weighted by Crippen LogP contribution is 2.36. The summed E-state index contributed by atoms with van der Waals surface area (Å²) >= 11 is 12.1. The fourth-order valence-corrected chi connectivity index (χ4v) is 2.71. The number of rotatable bonds is 8. The molecule has 0 radical (unpaired) electrons. The third kappa shape index (κ3) is 4.93. The smallest absolute Gasteiger partial charge is 0.337 e. The number of benzene rings is 2. The van der Waals surface area contributed by atoms with E-state index in [0.29, 0.717) is 18.0 Å². The number of carboxylic acid groups (broad SMARTS) is 1. The number of halogens is 2. The van der Waals surface area contributed by atoms with Crippen molar-refractivity contribution < 1.29 is 24.2 Å². The lowest BCUT2D eigenvalue weighted by Gasteiger charge is -2.14. The Morgan fingerprint density at radius 1 is 1.19 bits per heavy atom. The van der Waals surface area contributed by atoms with E-state index in [1.807, 2.05) is 0 Å². The van der Waals surface area contributed by atoms with Crippen molar-refractivity contribution in [3.05, 3.63) is 51.5 Å². The van der Waals surface area contributed by atoms with Crippen LogP contribution in [0.3, 0.4) is 0 Å². The van der Waals surface area contributed by atoms with E-state index in [1.165, 1.54) is 19.2 Å². The monoisotopic (exact) mass is 398 g/mol. The molecule has 2 aromatic carbocycles. The first-order valence-corrected chi connectivity index (χ1v) is 8.11. The summed E-state index contributed by atoms with van der Waals surface area (Å²) in [5, 5.41) is 12.5. The SMILES string of the molecule is COc1cc(CNc2ccc(C(=O)O)c(Cl)c2)cc(Cl)c1OCC(N)=O. The van der Waals surface area contributed by atoms with Gasteiger partial charge in [-0.2, -0.15) is 0 Å². The number of ether oxygens (including phenoxy) is 2. The van der Waals surface area contributed by atoms with Gasteiger partial charge in [0.15, 0.2) is 18.1 Å². The molecule has 0 spiro atoms. The second-order valence-electron chi connectivity index (χ2n) is 5.22. The molecular formula is C17H16Cl2N2O5. The van der Waals surface area contributed by atoms with Crippen molar-refractivity contribution in [3.63, 3.8) is 0 Å². The molecule has 0 aliphatic carbocycles. The molecule has 0 aliphatic heterocycles. The van der Waals surface area contributed by atoms with Crippen LogP contribution in [0.2, 0.25) is 10.0 Å². The van der Waals surface area contributed by atoms with Crippen molar-refractivity contribution in [2.75, 3.05) is 19.0 Å². The fraction of sp³-hybridized carbons (Fsp3) is 0.176. The summed E-state index contributed by atoms with van der Waals surface area (Å²) in [6.07, 6.45) is 0. The molecule has 7 nitrogen and oxygen atoms in total. The molecule has 0 fully saturated rings. The van der Waals surface area contributed by atoms with Gasteiger partial charge in [0.2, 0.25) is 0 Å². The molecule has 1 amide bonds. The summed E-state index contributed by atoms with van der Waals surface area (Å²) in [5.74, 6) is -1.14. The van der Waals surface area contributed by atoms with Crippen molar-refractivity contribution in [2.24, 2.45) is 5.73 Å². The molecule has 138 valence electrons. The van der Waals surface area contributed by atoms with Crippen LogP contribution in [0.25, 0.3) is 0 Å². The largest absolute Gasteiger partial charge is 0.493 e. The number of carbonyl (C=O) groups is 2. The zero-order valence-electron chi connectivity index (χ0n) is 13.7. The van der Waals surface area contributed by atoms with Crippen LogP contribution in [0, 0.1) is 0 Å². The summed E-state index contributed by atoms with van der Waals surface area (Å²) in [4.78, 5) is 21.8. The van der Waals surface area contributed by atoms with E-state index < -0.39 is 11.9 Å². The number of primary amides is 1. The summed E-state index contributed by atoms with van der Waals surface area (Å²) < 4.78 is 10.5. The lowest BCUT2D eigenvalue weighted by atomic mass is 10.1. The molecule has 0 unspecified atom stereocenters. The molecule has 2 aromatic rings. The van der Waals surface area contributed by atoms with Crippen LogP contribution in [0.15, 0.2) is 30.3 Å². The molecule has 9 heteroatoms. The van der Waals surface area contributed by atoms with Gasteiger partial charge in [-0.3, -0.25) is 4.79 Å². The topological polar surface area (TPSA) is 111 Å². The van der Waals surface area contributed by atoms with Crippen molar-refractivity contribution in [2.45, 2.75) is 6.54 Å². The van der Waals surface area contributed by atoms with Crippen molar-refractivity contribution in [1.82, 2.24) is 0 Å². The lowest BCUT2D eigenvalue weighted by Crippen LogP contribution is -2.20. The van der Waals surface area contributed by atoms with Crippen molar-refractivity contribution >= 4 is 40.8 Å². The Balaban J connectivity index is 2.15. The Morgan fingerprint density at radius 2 is 1.92 bits per heavy atom. The molecule has 0 atom stereocenters. The van der Waals surface area contributed by atoms with E-state index >= 15 is 0 Å². The second kappa shape index (κ2) is 8.64. The molecule has 0 aliphatic rings. The molecule has 26 heavy (non-hydrogen) atoms. The highest BCUT2D eigenvalue weighted by molar-refractivity contribution is 6.33. The molecule has 0 heterocycles. The Hall–Kier alpha value is -2.64. The van der Waals surface area contributed by atoms with E-state index in [0.717, 1.165) is 5.56 Å². The van der Waals surface area contributed by atoms with Gasteiger partial charge in [0.05, 0.1) is 22.7 Å². The first-order valence-electron chi connectivity index (χ1n) is 7.36. The van der Waals surface area contributed by atoms with E-state index in [9.17, 15) is 9.59 Å².